The summed E-state index contributed by atoms with van der Waals surface area (Å²) in [6.07, 6.45) is 7.10. The van der Waals surface area contributed by atoms with Crippen LogP contribution in [0.1, 0.15) is 39.0 Å². The fourth-order valence-electron chi connectivity index (χ4n) is 0.860. The molecule has 0 spiro atoms. The van der Waals surface area contributed by atoms with E-state index >= 15 is 0 Å². The Bertz CT molecular complexity index is 51.6. The van der Waals surface area contributed by atoms with Crippen LogP contribution >= 0.6 is 0 Å². The number of hydrogen-bond acceptors (Lipinski definition) is 1. The molecule has 0 heterocycles. The van der Waals surface area contributed by atoms with Crippen LogP contribution in [0, 0.1) is 0 Å². The Labute approximate surface area is 88.7 Å². The van der Waals surface area contributed by atoms with Crippen LogP contribution in [0.4, 0.5) is 0 Å². The van der Waals surface area contributed by atoms with Crippen LogP contribution in [0.2, 0.25) is 4.44 Å². The van der Waals surface area contributed by atoms with Gasteiger partial charge in [0.15, 0.2) is 0 Å². The fraction of sp³-hybridized carbons (Fsp3) is 1.00. The first-order chi connectivity index (χ1) is 4.91. The molecule has 0 aromatic rings. The molecule has 0 amide bonds. The zero-order valence-electron chi connectivity index (χ0n) is 6.73. The number of hydrogen-bond donors (Lipinski definition) is 0. The molecule has 4 radical (unpaired) electrons. The van der Waals surface area contributed by atoms with Crippen molar-refractivity contribution in [3.05, 3.63) is 0 Å². The third kappa shape index (κ3) is 9.56. The van der Waals surface area contributed by atoms with Gasteiger partial charge >= 0.3 is 89.4 Å². The average Bonchev–Trinajstić information content (AvgIpc) is 1.97. The summed E-state index contributed by atoms with van der Waals surface area (Å²) >= 11 is 0.750. The van der Waals surface area contributed by atoms with Crippen molar-refractivity contribution in [2.75, 3.05) is 0 Å². The summed E-state index contributed by atoms with van der Waals surface area (Å²) in [5.74, 6) is 0. The normalized spacial score (nSPS) is 10.2. The predicted molar refractivity (Wildman–Crippen MR) is 47.6 cm³/mol. The SMILES string of the molecule is CCCCCC[CH2][Sn][O][SnH]. The molecule has 0 aliphatic carbocycles. The molecule has 10 heavy (non-hydrogen) atoms. The Morgan fingerprint density at radius 1 is 1.20 bits per heavy atom. The van der Waals surface area contributed by atoms with E-state index in [0.717, 1.165) is 22.9 Å². The van der Waals surface area contributed by atoms with E-state index in [2.05, 4.69) is 6.92 Å². The topological polar surface area (TPSA) is 9.23 Å². The van der Waals surface area contributed by atoms with Gasteiger partial charge < -0.3 is 0 Å². The molecular weight excluding hydrogens is 337 g/mol. The molecular formula is C7H16OSn2. The van der Waals surface area contributed by atoms with Crippen LogP contribution in [-0.2, 0) is 1.41 Å². The molecule has 0 aromatic heterocycles. The van der Waals surface area contributed by atoms with Gasteiger partial charge in [-0.1, -0.05) is 0 Å². The minimum absolute atomic E-state index is 0.290. The standard InChI is InChI=1S/C7H15.O.2Sn.H/c1-3-5-7-6-4-2;;;;/h1,3-7H2,2H3;;;;. The van der Waals surface area contributed by atoms with Gasteiger partial charge in [-0.2, -0.15) is 0 Å². The third-order valence-corrected chi connectivity index (χ3v) is 6.72. The van der Waals surface area contributed by atoms with Crippen molar-refractivity contribution >= 4 is 44.5 Å². The van der Waals surface area contributed by atoms with Crippen molar-refractivity contribution in [1.29, 1.82) is 0 Å². The molecule has 0 aliphatic heterocycles. The van der Waals surface area contributed by atoms with Gasteiger partial charge in [0.1, 0.15) is 0 Å². The molecule has 0 N–H and O–H groups in total. The summed E-state index contributed by atoms with van der Waals surface area (Å²) < 4.78 is 6.69. The molecule has 0 rings (SSSR count). The molecule has 58 valence electrons. The Morgan fingerprint density at radius 2 is 1.90 bits per heavy atom. The second-order valence-electron chi connectivity index (χ2n) is 2.43. The van der Waals surface area contributed by atoms with Gasteiger partial charge in [0, 0.05) is 0 Å². The zero-order chi connectivity index (χ0) is 7.66. The van der Waals surface area contributed by atoms with E-state index in [-0.39, 0.29) is 21.6 Å². The fourth-order valence-corrected chi connectivity index (χ4v) is 4.58. The van der Waals surface area contributed by atoms with E-state index in [1.807, 2.05) is 0 Å². The van der Waals surface area contributed by atoms with Gasteiger partial charge in [-0.05, 0) is 0 Å². The van der Waals surface area contributed by atoms with Crippen molar-refractivity contribution in [3.63, 3.8) is 0 Å². The third-order valence-electron chi connectivity index (χ3n) is 1.47. The molecule has 0 unspecified atom stereocenters. The van der Waals surface area contributed by atoms with Gasteiger partial charge in [-0.3, -0.25) is 0 Å². The van der Waals surface area contributed by atoms with Crippen molar-refractivity contribution in [2.45, 2.75) is 43.5 Å². The van der Waals surface area contributed by atoms with E-state index in [1.165, 1.54) is 36.5 Å². The van der Waals surface area contributed by atoms with Crippen LogP contribution in [0.25, 0.3) is 0 Å². The molecule has 0 saturated heterocycles. The molecule has 0 bridgehead atoms. The first-order valence-electron chi connectivity index (χ1n) is 4.00. The maximum atomic E-state index is 5.25. The van der Waals surface area contributed by atoms with Crippen LogP contribution in [0.15, 0.2) is 0 Å². The zero-order valence-corrected chi connectivity index (χ0v) is 12.9. The van der Waals surface area contributed by atoms with Gasteiger partial charge in [-0.25, -0.2) is 0 Å². The van der Waals surface area contributed by atoms with E-state index in [0.29, 0.717) is 0 Å². The van der Waals surface area contributed by atoms with Crippen LogP contribution < -0.4 is 0 Å². The molecule has 0 saturated carbocycles. The van der Waals surface area contributed by atoms with Crippen molar-refractivity contribution < 1.29 is 1.41 Å². The predicted octanol–water partition coefficient (Wildman–Crippen LogP) is 1.83. The molecule has 0 atom stereocenters. The average molecular weight is 354 g/mol. The van der Waals surface area contributed by atoms with Gasteiger partial charge in [-0.15, -0.1) is 0 Å². The summed E-state index contributed by atoms with van der Waals surface area (Å²) in [5, 5.41) is 0. The van der Waals surface area contributed by atoms with E-state index in [9.17, 15) is 0 Å². The first kappa shape index (κ1) is 11.6. The second kappa shape index (κ2) is 10.6. The summed E-state index contributed by atoms with van der Waals surface area (Å²) in [6.45, 7) is 2.26. The second-order valence-corrected chi connectivity index (χ2v) is 9.86. The van der Waals surface area contributed by atoms with Crippen LogP contribution in [-0.4, -0.2) is 44.5 Å². The van der Waals surface area contributed by atoms with Crippen molar-refractivity contribution in [1.82, 2.24) is 0 Å². The quantitative estimate of drug-likeness (QED) is 0.501. The van der Waals surface area contributed by atoms with Crippen molar-refractivity contribution in [2.24, 2.45) is 0 Å². The number of rotatable bonds is 7. The monoisotopic (exact) mass is 356 g/mol. The molecule has 1 nitrogen and oxygen atoms in total. The molecule has 0 aliphatic rings. The van der Waals surface area contributed by atoms with Gasteiger partial charge in [0.05, 0.1) is 0 Å². The summed E-state index contributed by atoms with van der Waals surface area (Å²) in [6, 6.07) is 0. The summed E-state index contributed by atoms with van der Waals surface area (Å²) in [4.78, 5) is 0. The Balaban J connectivity index is 2.65. The van der Waals surface area contributed by atoms with E-state index in [4.69, 9.17) is 1.41 Å². The molecule has 3 heteroatoms. The first-order valence-corrected chi connectivity index (χ1v) is 8.53. The summed E-state index contributed by atoms with van der Waals surface area (Å²) in [5.41, 5.74) is 0. The van der Waals surface area contributed by atoms with Crippen LogP contribution in [0.5, 0.6) is 0 Å². The molecule has 0 fully saturated rings. The number of unbranched alkanes of at least 4 members (excludes halogenated alkanes) is 4. The van der Waals surface area contributed by atoms with Crippen molar-refractivity contribution in [3.8, 4) is 0 Å². The van der Waals surface area contributed by atoms with Gasteiger partial charge in [0.25, 0.3) is 0 Å². The minimum atomic E-state index is -0.290. The summed E-state index contributed by atoms with van der Waals surface area (Å²) in [7, 11) is 0. The van der Waals surface area contributed by atoms with E-state index < -0.39 is 0 Å². The molecule has 0 aromatic carbocycles. The maximum absolute atomic E-state index is 5.25. The van der Waals surface area contributed by atoms with Crippen LogP contribution in [0.3, 0.4) is 0 Å². The van der Waals surface area contributed by atoms with E-state index in [1.54, 1.807) is 0 Å². The Hall–Kier alpha value is 1.56. The Kier molecular flexibility index (Phi) is 12.2. The Morgan fingerprint density at radius 3 is 2.50 bits per heavy atom. The van der Waals surface area contributed by atoms with Gasteiger partial charge in [0.2, 0.25) is 0 Å².